The summed E-state index contributed by atoms with van der Waals surface area (Å²) in [5, 5.41) is 7.14. The summed E-state index contributed by atoms with van der Waals surface area (Å²) in [6.07, 6.45) is 1.80. The molecule has 3 aromatic rings. The molecule has 3 rings (SSSR count). The molecule has 128 valence electrons. The van der Waals surface area contributed by atoms with Crippen LogP contribution in [0.4, 0.5) is 0 Å². The first-order valence-electron chi connectivity index (χ1n) is 8.51. The van der Waals surface area contributed by atoms with E-state index >= 15 is 0 Å². The largest absolute Gasteiger partial charge is 0.360 e. The van der Waals surface area contributed by atoms with E-state index < -0.39 is 0 Å². The standard InChI is InChI=1S/C21H22N2O2/c1-15(13-14-17-9-5-3-6-10-17)22-21(24)19-16(2)25-23-20(19)18-11-7-4-8-12-18/h3-12,15H,13-14H2,1-2H3,(H,22,24)/t15-/m0/s1. The molecule has 25 heavy (non-hydrogen) atoms. The van der Waals surface area contributed by atoms with E-state index in [0.717, 1.165) is 18.4 Å². The van der Waals surface area contributed by atoms with Crippen LogP contribution < -0.4 is 5.32 Å². The predicted octanol–water partition coefficient (Wildman–Crippen LogP) is 4.40. The molecule has 0 aliphatic rings. The molecule has 4 nitrogen and oxygen atoms in total. The van der Waals surface area contributed by atoms with E-state index in [1.54, 1.807) is 6.92 Å². The van der Waals surface area contributed by atoms with Crippen LogP contribution in [0.5, 0.6) is 0 Å². The molecule has 4 heteroatoms. The Kier molecular flexibility index (Phi) is 5.29. The summed E-state index contributed by atoms with van der Waals surface area (Å²) in [5.74, 6) is 0.393. The Morgan fingerprint density at radius 3 is 2.40 bits per heavy atom. The molecule has 1 amide bonds. The second-order valence-electron chi connectivity index (χ2n) is 6.23. The third kappa shape index (κ3) is 4.15. The van der Waals surface area contributed by atoms with Crippen molar-refractivity contribution in [2.75, 3.05) is 0 Å². The van der Waals surface area contributed by atoms with Gasteiger partial charge in [0, 0.05) is 11.6 Å². The van der Waals surface area contributed by atoms with E-state index in [0.29, 0.717) is 17.0 Å². The van der Waals surface area contributed by atoms with Crippen molar-refractivity contribution in [3.63, 3.8) is 0 Å². The van der Waals surface area contributed by atoms with Gasteiger partial charge in [-0.05, 0) is 32.3 Å². The second-order valence-corrected chi connectivity index (χ2v) is 6.23. The van der Waals surface area contributed by atoms with Crippen molar-refractivity contribution in [1.29, 1.82) is 0 Å². The summed E-state index contributed by atoms with van der Waals surface area (Å²) in [6.45, 7) is 3.79. The Balaban J connectivity index is 1.68. The van der Waals surface area contributed by atoms with Crippen molar-refractivity contribution in [2.24, 2.45) is 0 Å². The number of carbonyl (C=O) groups excluding carboxylic acids is 1. The molecule has 1 aromatic heterocycles. The minimum atomic E-state index is -0.141. The lowest BCUT2D eigenvalue weighted by Crippen LogP contribution is -2.33. The highest BCUT2D eigenvalue weighted by molar-refractivity contribution is 6.00. The van der Waals surface area contributed by atoms with Gasteiger partial charge in [-0.1, -0.05) is 65.8 Å². The second kappa shape index (κ2) is 7.79. The van der Waals surface area contributed by atoms with Gasteiger partial charge in [0.25, 0.3) is 5.91 Å². The summed E-state index contributed by atoms with van der Waals surface area (Å²) in [7, 11) is 0. The fraction of sp³-hybridized carbons (Fsp3) is 0.238. The first-order valence-corrected chi connectivity index (χ1v) is 8.51. The van der Waals surface area contributed by atoms with E-state index in [2.05, 4.69) is 22.6 Å². The fourth-order valence-corrected chi connectivity index (χ4v) is 2.83. The molecule has 0 aliphatic heterocycles. The monoisotopic (exact) mass is 334 g/mol. The van der Waals surface area contributed by atoms with E-state index in [1.165, 1.54) is 5.56 Å². The number of nitrogens with one attached hydrogen (secondary N) is 1. The third-order valence-electron chi connectivity index (χ3n) is 4.22. The number of nitrogens with zero attached hydrogens (tertiary/aromatic N) is 1. The van der Waals surface area contributed by atoms with Gasteiger partial charge in [-0.3, -0.25) is 4.79 Å². The Morgan fingerprint density at radius 1 is 1.08 bits per heavy atom. The van der Waals surface area contributed by atoms with Crippen LogP contribution in [0.15, 0.2) is 65.2 Å². The van der Waals surface area contributed by atoms with E-state index in [-0.39, 0.29) is 11.9 Å². The predicted molar refractivity (Wildman–Crippen MR) is 98.4 cm³/mol. The first-order chi connectivity index (χ1) is 12.1. The average Bonchev–Trinajstić information content (AvgIpc) is 3.03. The van der Waals surface area contributed by atoms with Crippen LogP contribution in [-0.4, -0.2) is 17.1 Å². The van der Waals surface area contributed by atoms with Crippen molar-refractivity contribution in [1.82, 2.24) is 10.5 Å². The van der Waals surface area contributed by atoms with Crippen molar-refractivity contribution in [2.45, 2.75) is 32.7 Å². The maximum atomic E-state index is 12.7. The summed E-state index contributed by atoms with van der Waals surface area (Å²) in [6, 6.07) is 20.0. The molecule has 1 atom stereocenters. The number of hydrogen-bond donors (Lipinski definition) is 1. The van der Waals surface area contributed by atoms with Gasteiger partial charge in [0.05, 0.1) is 0 Å². The Bertz CT molecular complexity index is 826. The van der Waals surface area contributed by atoms with Crippen molar-refractivity contribution in [3.8, 4) is 11.3 Å². The van der Waals surface area contributed by atoms with Gasteiger partial charge < -0.3 is 9.84 Å². The van der Waals surface area contributed by atoms with E-state index in [9.17, 15) is 4.79 Å². The van der Waals surface area contributed by atoms with Crippen LogP contribution in [-0.2, 0) is 6.42 Å². The van der Waals surface area contributed by atoms with Gasteiger partial charge in [0.1, 0.15) is 17.0 Å². The van der Waals surface area contributed by atoms with E-state index in [1.807, 2.05) is 55.5 Å². The Labute approximate surface area is 147 Å². The Hall–Kier alpha value is -2.88. The zero-order chi connectivity index (χ0) is 17.6. The molecule has 1 heterocycles. The van der Waals surface area contributed by atoms with Crippen LogP contribution in [0.3, 0.4) is 0 Å². The molecule has 0 saturated carbocycles. The van der Waals surface area contributed by atoms with Crippen LogP contribution in [0.2, 0.25) is 0 Å². The summed E-state index contributed by atoms with van der Waals surface area (Å²) in [4.78, 5) is 12.7. The van der Waals surface area contributed by atoms with Gasteiger partial charge in [0.15, 0.2) is 0 Å². The van der Waals surface area contributed by atoms with E-state index in [4.69, 9.17) is 4.52 Å². The smallest absolute Gasteiger partial charge is 0.257 e. The van der Waals surface area contributed by atoms with Gasteiger partial charge in [0.2, 0.25) is 0 Å². The molecule has 2 aromatic carbocycles. The number of amides is 1. The van der Waals surface area contributed by atoms with Gasteiger partial charge >= 0.3 is 0 Å². The minimum Gasteiger partial charge on any atom is -0.360 e. The van der Waals surface area contributed by atoms with Crippen LogP contribution >= 0.6 is 0 Å². The average molecular weight is 334 g/mol. The highest BCUT2D eigenvalue weighted by Crippen LogP contribution is 2.25. The maximum absolute atomic E-state index is 12.7. The molecule has 0 fully saturated rings. The topological polar surface area (TPSA) is 55.1 Å². The molecule has 0 aliphatic carbocycles. The quantitative estimate of drug-likeness (QED) is 0.727. The number of rotatable bonds is 6. The Morgan fingerprint density at radius 2 is 1.72 bits per heavy atom. The molecular formula is C21H22N2O2. The first kappa shape index (κ1) is 17.0. The minimum absolute atomic E-state index is 0.0608. The summed E-state index contributed by atoms with van der Waals surface area (Å²) in [5.41, 5.74) is 3.25. The molecule has 0 radical (unpaired) electrons. The zero-order valence-electron chi connectivity index (χ0n) is 14.5. The highest BCUT2D eigenvalue weighted by Gasteiger charge is 2.22. The van der Waals surface area contributed by atoms with Crippen LogP contribution in [0.1, 0.15) is 35.0 Å². The summed E-state index contributed by atoms with van der Waals surface area (Å²) < 4.78 is 5.27. The number of aryl methyl sites for hydroxylation is 2. The number of hydrogen-bond acceptors (Lipinski definition) is 3. The summed E-state index contributed by atoms with van der Waals surface area (Å²) >= 11 is 0. The van der Waals surface area contributed by atoms with Crippen molar-refractivity contribution in [3.05, 3.63) is 77.6 Å². The highest BCUT2D eigenvalue weighted by atomic mass is 16.5. The molecule has 0 unspecified atom stereocenters. The maximum Gasteiger partial charge on any atom is 0.257 e. The SMILES string of the molecule is Cc1onc(-c2ccccc2)c1C(=O)N[C@@H](C)CCc1ccccc1. The lowest BCUT2D eigenvalue weighted by atomic mass is 10.0. The number of carbonyl (C=O) groups is 1. The molecule has 0 bridgehead atoms. The zero-order valence-corrected chi connectivity index (χ0v) is 14.5. The lowest BCUT2D eigenvalue weighted by Gasteiger charge is -2.14. The molecule has 1 N–H and O–H groups in total. The van der Waals surface area contributed by atoms with Gasteiger partial charge in [-0.25, -0.2) is 0 Å². The van der Waals surface area contributed by atoms with Crippen molar-refractivity contribution < 1.29 is 9.32 Å². The van der Waals surface area contributed by atoms with Crippen LogP contribution in [0.25, 0.3) is 11.3 Å². The van der Waals surface area contributed by atoms with Gasteiger partial charge in [-0.15, -0.1) is 0 Å². The van der Waals surface area contributed by atoms with Gasteiger partial charge in [-0.2, -0.15) is 0 Å². The normalized spacial score (nSPS) is 11.9. The van der Waals surface area contributed by atoms with Crippen LogP contribution in [0, 0.1) is 6.92 Å². The lowest BCUT2D eigenvalue weighted by molar-refractivity contribution is 0.0937. The van der Waals surface area contributed by atoms with Crippen molar-refractivity contribution >= 4 is 5.91 Å². The molecular weight excluding hydrogens is 312 g/mol. The molecule has 0 saturated heterocycles. The fourth-order valence-electron chi connectivity index (χ4n) is 2.83. The number of aromatic nitrogens is 1. The molecule has 0 spiro atoms. The third-order valence-corrected chi connectivity index (χ3v) is 4.22. The number of benzene rings is 2.